The minimum Gasteiger partial charge on any atom is -0.495 e. The zero-order valence-electron chi connectivity index (χ0n) is 18.7. The molecule has 0 aliphatic carbocycles. The highest BCUT2D eigenvalue weighted by Gasteiger charge is 2.26. The van der Waals surface area contributed by atoms with Gasteiger partial charge in [0, 0.05) is 6.54 Å². The van der Waals surface area contributed by atoms with Crippen LogP contribution in [0.3, 0.4) is 0 Å². The van der Waals surface area contributed by atoms with E-state index in [2.05, 4.69) is 4.72 Å². The van der Waals surface area contributed by atoms with Crippen molar-refractivity contribution in [1.29, 1.82) is 0 Å². The van der Waals surface area contributed by atoms with Crippen molar-refractivity contribution in [3.05, 3.63) is 91.0 Å². The number of methoxy groups -OCH3 is 1. The molecule has 0 bridgehead atoms. The number of benzene rings is 4. The predicted octanol–water partition coefficient (Wildman–Crippen LogP) is 4.86. The summed E-state index contributed by atoms with van der Waals surface area (Å²) in [5.41, 5.74) is 0.542. The van der Waals surface area contributed by atoms with Gasteiger partial charge in [-0.2, -0.15) is 0 Å². The normalized spacial score (nSPS) is 11.8. The number of hydrogen-bond acceptors (Lipinski definition) is 5. The summed E-state index contributed by atoms with van der Waals surface area (Å²) in [5, 5.41) is 1.68. The number of para-hydroxylation sites is 1. The van der Waals surface area contributed by atoms with E-state index in [1.165, 1.54) is 35.7 Å². The Labute approximate surface area is 199 Å². The molecule has 176 valence electrons. The first-order chi connectivity index (χ1) is 16.3. The average molecular weight is 497 g/mol. The van der Waals surface area contributed by atoms with Gasteiger partial charge in [-0.3, -0.25) is 9.03 Å². The van der Waals surface area contributed by atoms with Crippen molar-refractivity contribution in [2.75, 3.05) is 22.7 Å². The number of rotatable bonds is 8. The number of nitrogens with one attached hydrogen (secondary N) is 1. The Morgan fingerprint density at radius 3 is 2.09 bits per heavy atom. The second-order valence-electron chi connectivity index (χ2n) is 7.48. The van der Waals surface area contributed by atoms with Crippen molar-refractivity contribution in [1.82, 2.24) is 0 Å². The molecule has 0 aliphatic heterocycles. The van der Waals surface area contributed by atoms with Crippen LogP contribution >= 0.6 is 0 Å². The van der Waals surface area contributed by atoms with Crippen LogP contribution in [-0.4, -0.2) is 30.5 Å². The summed E-state index contributed by atoms with van der Waals surface area (Å²) in [4.78, 5) is -0.00352. The molecule has 0 saturated carbocycles. The molecule has 0 atom stereocenters. The molecule has 0 unspecified atom stereocenters. The number of ether oxygens (including phenoxy) is 1. The maximum atomic E-state index is 13.4. The van der Waals surface area contributed by atoms with Crippen molar-refractivity contribution >= 4 is 42.2 Å². The molecule has 0 saturated heterocycles. The molecule has 4 rings (SSSR count). The molecule has 4 aromatic carbocycles. The van der Waals surface area contributed by atoms with E-state index in [0.717, 1.165) is 10.8 Å². The van der Waals surface area contributed by atoms with Crippen LogP contribution in [0.25, 0.3) is 10.8 Å². The van der Waals surface area contributed by atoms with Crippen molar-refractivity contribution in [2.45, 2.75) is 16.7 Å². The number of hydrogen-bond donors (Lipinski definition) is 1. The van der Waals surface area contributed by atoms with Crippen molar-refractivity contribution < 1.29 is 21.6 Å². The van der Waals surface area contributed by atoms with E-state index in [9.17, 15) is 16.8 Å². The fraction of sp³-hybridized carbons (Fsp3) is 0.120. The lowest BCUT2D eigenvalue weighted by Crippen LogP contribution is -2.30. The third-order valence-corrected chi connectivity index (χ3v) is 8.63. The largest absolute Gasteiger partial charge is 0.495 e. The molecule has 4 aromatic rings. The quantitative estimate of drug-likeness (QED) is 0.376. The molecule has 7 nitrogen and oxygen atoms in total. The Balaban J connectivity index is 1.73. The van der Waals surface area contributed by atoms with Crippen LogP contribution in [0.2, 0.25) is 0 Å². The van der Waals surface area contributed by atoms with Gasteiger partial charge in [-0.25, -0.2) is 16.8 Å². The van der Waals surface area contributed by atoms with E-state index in [0.29, 0.717) is 5.69 Å². The van der Waals surface area contributed by atoms with Gasteiger partial charge in [-0.1, -0.05) is 48.5 Å². The highest BCUT2D eigenvalue weighted by molar-refractivity contribution is 7.93. The molecule has 0 fully saturated rings. The average Bonchev–Trinajstić information content (AvgIpc) is 2.84. The Morgan fingerprint density at radius 1 is 0.765 bits per heavy atom. The van der Waals surface area contributed by atoms with Gasteiger partial charge in [0.2, 0.25) is 0 Å². The van der Waals surface area contributed by atoms with E-state index in [1.807, 2.05) is 24.3 Å². The molecule has 34 heavy (non-hydrogen) atoms. The first-order valence-electron chi connectivity index (χ1n) is 10.5. The van der Waals surface area contributed by atoms with Crippen LogP contribution in [0.15, 0.2) is 101 Å². The zero-order chi connectivity index (χ0) is 24.3. The van der Waals surface area contributed by atoms with Gasteiger partial charge in [-0.15, -0.1) is 0 Å². The second kappa shape index (κ2) is 9.36. The topological polar surface area (TPSA) is 92.8 Å². The molecule has 0 aliphatic rings. The fourth-order valence-corrected chi connectivity index (χ4v) is 6.28. The maximum absolute atomic E-state index is 13.4. The van der Waals surface area contributed by atoms with Gasteiger partial charge < -0.3 is 4.74 Å². The molecule has 0 radical (unpaired) electrons. The van der Waals surface area contributed by atoms with Crippen molar-refractivity contribution in [3.8, 4) is 5.75 Å². The molecule has 0 aromatic heterocycles. The highest BCUT2D eigenvalue weighted by atomic mass is 32.2. The van der Waals surface area contributed by atoms with Crippen LogP contribution < -0.4 is 13.8 Å². The predicted molar refractivity (Wildman–Crippen MR) is 134 cm³/mol. The van der Waals surface area contributed by atoms with Crippen LogP contribution in [0.4, 0.5) is 11.4 Å². The third kappa shape index (κ3) is 4.57. The summed E-state index contributed by atoms with van der Waals surface area (Å²) in [6, 6.07) is 25.0. The van der Waals surface area contributed by atoms with Crippen LogP contribution in [-0.2, 0) is 20.0 Å². The van der Waals surface area contributed by atoms with Crippen LogP contribution in [0.1, 0.15) is 6.92 Å². The Kier molecular flexibility index (Phi) is 6.49. The summed E-state index contributed by atoms with van der Waals surface area (Å²) in [6.07, 6.45) is 0. The lowest BCUT2D eigenvalue weighted by Gasteiger charge is -2.23. The molecular weight excluding hydrogens is 472 g/mol. The summed E-state index contributed by atoms with van der Waals surface area (Å²) in [6.45, 7) is 1.94. The Hall–Kier alpha value is -3.56. The first kappa shape index (κ1) is 23.6. The standard InChI is InChI=1S/C25H24N2O5S2/c1-3-27(21-11-5-4-6-12-21)34(30,31)23-15-16-25(32-2)24(18-23)26-33(28,29)22-14-13-19-9-7-8-10-20(19)17-22/h4-18,26H,3H2,1-2H3. The van der Waals surface area contributed by atoms with Crippen molar-refractivity contribution in [3.63, 3.8) is 0 Å². The van der Waals surface area contributed by atoms with E-state index in [-0.39, 0.29) is 27.8 Å². The Bertz CT molecular complexity index is 1540. The van der Waals surface area contributed by atoms with E-state index in [1.54, 1.807) is 49.4 Å². The van der Waals surface area contributed by atoms with E-state index < -0.39 is 20.0 Å². The second-order valence-corrected chi connectivity index (χ2v) is 11.0. The van der Waals surface area contributed by atoms with Crippen LogP contribution in [0.5, 0.6) is 5.75 Å². The van der Waals surface area contributed by atoms with E-state index in [4.69, 9.17) is 4.74 Å². The monoisotopic (exact) mass is 496 g/mol. The number of nitrogens with zero attached hydrogens (tertiary/aromatic N) is 1. The summed E-state index contributed by atoms with van der Waals surface area (Å²) < 4.78 is 62.2. The van der Waals surface area contributed by atoms with Gasteiger partial charge in [0.05, 0.1) is 28.3 Å². The third-order valence-electron chi connectivity index (χ3n) is 5.37. The van der Waals surface area contributed by atoms with Gasteiger partial charge in [-0.05, 0) is 60.2 Å². The zero-order valence-corrected chi connectivity index (χ0v) is 20.3. The maximum Gasteiger partial charge on any atom is 0.264 e. The minimum atomic E-state index is -4.02. The lowest BCUT2D eigenvalue weighted by molar-refractivity contribution is 0.416. The fourth-order valence-electron chi connectivity index (χ4n) is 3.68. The molecule has 1 N–H and O–H groups in total. The minimum absolute atomic E-state index is 0.0286. The van der Waals surface area contributed by atoms with Gasteiger partial charge in [0.15, 0.2) is 0 Å². The summed E-state index contributed by atoms with van der Waals surface area (Å²) in [7, 11) is -6.59. The molecule has 0 heterocycles. The molecule has 9 heteroatoms. The smallest absolute Gasteiger partial charge is 0.264 e. The summed E-state index contributed by atoms with van der Waals surface area (Å²) >= 11 is 0. The van der Waals surface area contributed by atoms with Gasteiger partial charge in [0.1, 0.15) is 5.75 Å². The van der Waals surface area contributed by atoms with Gasteiger partial charge in [0.25, 0.3) is 20.0 Å². The molecule has 0 amide bonds. The van der Waals surface area contributed by atoms with Crippen molar-refractivity contribution in [2.24, 2.45) is 0 Å². The lowest BCUT2D eigenvalue weighted by atomic mass is 10.1. The van der Waals surface area contributed by atoms with E-state index >= 15 is 0 Å². The SMILES string of the molecule is CCN(c1ccccc1)S(=O)(=O)c1ccc(OC)c(NS(=O)(=O)c2ccc3ccccc3c2)c1. The number of fused-ring (bicyclic) bond motifs is 1. The van der Waals surface area contributed by atoms with Gasteiger partial charge >= 0.3 is 0 Å². The molecule has 0 spiro atoms. The first-order valence-corrected chi connectivity index (χ1v) is 13.5. The highest BCUT2D eigenvalue weighted by Crippen LogP contribution is 2.32. The summed E-state index contributed by atoms with van der Waals surface area (Å²) in [5.74, 6) is 0.200. The van der Waals surface area contributed by atoms with Crippen LogP contribution in [0, 0.1) is 0 Å². The Morgan fingerprint density at radius 2 is 1.41 bits per heavy atom. The number of sulfonamides is 2. The number of anilines is 2. The molecular formula is C25H24N2O5S2.